The Labute approximate surface area is 126 Å². The van der Waals surface area contributed by atoms with Crippen molar-refractivity contribution in [3.8, 4) is 0 Å². The van der Waals surface area contributed by atoms with E-state index in [2.05, 4.69) is 81.5 Å². The highest BCUT2D eigenvalue weighted by atomic mass is 32.2. The van der Waals surface area contributed by atoms with Crippen LogP contribution in [0.4, 0.5) is 0 Å². The van der Waals surface area contributed by atoms with Crippen LogP contribution in [0, 0.1) is 6.92 Å². The van der Waals surface area contributed by atoms with Crippen LogP contribution >= 0.6 is 11.8 Å². The lowest BCUT2D eigenvalue weighted by atomic mass is 10.1. The molecule has 2 aromatic carbocycles. The van der Waals surface area contributed by atoms with Gasteiger partial charge in [-0.15, -0.1) is 0 Å². The first kappa shape index (κ1) is 15.1. The van der Waals surface area contributed by atoms with Crippen LogP contribution in [0.25, 0.3) is 0 Å². The summed E-state index contributed by atoms with van der Waals surface area (Å²) in [6.07, 6.45) is 0. The normalized spacial score (nSPS) is 11.6. The molecule has 0 aliphatic carbocycles. The lowest BCUT2D eigenvalue weighted by Gasteiger charge is -2.21. The van der Waals surface area contributed by atoms with Gasteiger partial charge in [-0.1, -0.05) is 47.7 Å². The monoisotopic (exact) mass is 285 g/mol. The molecular weight excluding hydrogens is 262 g/mol. The van der Waals surface area contributed by atoms with E-state index in [4.69, 9.17) is 0 Å². The molecule has 0 fully saturated rings. The van der Waals surface area contributed by atoms with E-state index in [9.17, 15) is 0 Å². The molecule has 0 radical (unpaired) electrons. The summed E-state index contributed by atoms with van der Waals surface area (Å²) < 4.78 is 0. The lowest BCUT2D eigenvalue weighted by Crippen LogP contribution is -2.35. The summed E-state index contributed by atoms with van der Waals surface area (Å²) in [6.45, 7) is 9.61. The summed E-state index contributed by atoms with van der Waals surface area (Å²) in [6, 6.07) is 17.3. The van der Waals surface area contributed by atoms with Crippen molar-refractivity contribution in [1.82, 2.24) is 5.32 Å². The van der Waals surface area contributed by atoms with E-state index in [1.165, 1.54) is 20.9 Å². The lowest BCUT2D eigenvalue weighted by molar-refractivity contribution is 0.422. The van der Waals surface area contributed by atoms with Gasteiger partial charge in [0.1, 0.15) is 0 Å². The van der Waals surface area contributed by atoms with Crippen molar-refractivity contribution < 1.29 is 0 Å². The maximum Gasteiger partial charge on any atom is 0.0221 e. The first-order valence-electron chi connectivity index (χ1n) is 7.01. The fourth-order valence-corrected chi connectivity index (χ4v) is 2.79. The van der Waals surface area contributed by atoms with Crippen LogP contribution < -0.4 is 5.32 Å². The fourth-order valence-electron chi connectivity index (χ4n) is 1.84. The molecule has 0 saturated carbocycles. The summed E-state index contributed by atoms with van der Waals surface area (Å²) >= 11 is 1.83. The maximum atomic E-state index is 3.56. The Morgan fingerprint density at radius 1 is 0.950 bits per heavy atom. The predicted molar refractivity (Wildman–Crippen MR) is 88.3 cm³/mol. The second-order valence-corrected chi connectivity index (χ2v) is 7.24. The molecule has 2 rings (SSSR count). The molecule has 0 spiro atoms. The van der Waals surface area contributed by atoms with Crippen LogP contribution in [0.1, 0.15) is 31.9 Å². The van der Waals surface area contributed by atoms with Gasteiger partial charge in [-0.25, -0.2) is 0 Å². The summed E-state index contributed by atoms with van der Waals surface area (Å²) in [5.41, 5.74) is 2.80. The van der Waals surface area contributed by atoms with Crippen LogP contribution in [-0.2, 0) is 6.54 Å². The molecule has 2 heteroatoms. The molecule has 1 N–H and O–H groups in total. The molecule has 0 aliphatic heterocycles. The third-order valence-corrected chi connectivity index (χ3v) is 4.16. The summed E-state index contributed by atoms with van der Waals surface area (Å²) in [4.78, 5) is 2.62. The average Bonchev–Trinajstić information content (AvgIpc) is 2.39. The first-order chi connectivity index (χ1) is 9.44. The van der Waals surface area contributed by atoms with E-state index in [1.54, 1.807) is 0 Å². The van der Waals surface area contributed by atoms with Crippen LogP contribution in [0.5, 0.6) is 0 Å². The van der Waals surface area contributed by atoms with Crippen molar-refractivity contribution in [2.45, 2.75) is 49.6 Å². The molecule has 20 heavy (non-hydrogen) atoms. The highest BCUT2D eigenvalue weighted by molar-refractivity contribution is 7.99. The van der Waals surface area contributed by atoms with Gasteiger partial charge in [0, 0.05) is 21.9 Å². The minimum atomic E-state index is 0.141. The molecule has 2 aromatic rings. The van der Waals surface area contributed by atoms with Gasteiger partial charge in [-0.3, -0.25) is 0 Å². The number of benzene rings is 2. The smallest absolute Gasteiger partial charge is 0.0221 e. The highest BCUT2D eigenvalue weighted by Gasteiger charge is 2.10. The molecule has 106 valence electrons. The van der Waals surface area contributed by atoms with E-state index in [0.29, 0.717) is 0 Å². The van der Waals surface area contributed by atoms with Crippen molar-refractivity contribution >= 4 is 11.8 Å². The van der Waals surface area contributed by atoms with Gasteiger partial charge in [0.25, 0.3) is 0 Å². The molecular formula is C18H23NS. The van der Waals surface area contributed by atoms with Crippen molar-refractivity contribution in [2.75, 3.05) is 0 Å². The first-order valence-corrected chi connectivity index (χ1v) is 7.83. The van der Waals surface area contributed by atoms with E-state index in [1.807, 2.05) is 11.8 Å². The zero-order valence-electron chi connectivity index (χ0n) is 12.7. The van der Waals surface area contributed by atoms with Gasteiger partial charge in [0.2, 0.25) is 0 Å². The van der Waals surface area contributed by atoms with Crippen molar-refractivity contribution in [1.29, 1.82) is 0 Å². The van der Waals surface area contributed by atoms with Gasteiger partial charge < -0.3 is 5.32 Å². The fraction of sp³-hybridized carbons (Fsp3) is 0.333. The van der Waals surface area contributed by atoms with E-state index in [-0.39, 0.29) is 5.54 Å². The molecule has 1 nitrogen and oxygen atoms in total. The number of nitrogens with one attached hydrogen (secondary N) is 1. The quantitative estimate of drug-likeness (QED) is 0.845. The van der Waals surface area contributed by atoms with Gasteiger partial charge in [0.05, 0.1) is 0 Å². The topological polar surface area (TPSA) is 12.0 Å². The number of aryl methyl sites for hydroxylation is 1. The molecule has 0 amide bonds. The minimum absolute atomic E-state index is 0.141. The van der Waals surface area contributed by atoms with Crippen molar-refractivity contribution in [3.05, 3.63) is 59.7 Å². The van der Waals surface area contributed by atoms with Gasteiger partial charge >= 0.3 is 0 Å². The summed E-state index contributed by atoms with van der Waals surface area (Å²) in [7, 11) is 0. The third-order valence-electron chi connectivity index (χ3n) is 3.03. The van der Waals surface area contributed by atoms with E-state index < -0.39 is 0 Å². The standard InChI is InChI=1S/C18H23NS/c1-14-9-11-16(12-10-14)20-17-8-6-5-7-15(17)13-19-18(2,3)4/h5-12,19H,13H2,1-4H3. The Bertz CT molecular complexity index is 552. The average molecular weight is 285 g/mol. The van der Waals surface area contributed by atoms with E-state index in [0.717, 1.165) is 6.54 Å². The Morgan fingerprint density at radius 3 is 2.25 bits per heavy atom. The molecule has 0 bridgehead atoms. The van der Waals surface area contributed by atoms with Crippen LogP contribution in [0.3, 0.4) is 0 Å². The molecule has 0 unspecified atom stereocenters. The number of hydrogen-bond acceptors (Lipinski definition) is 2. The minimum Gasteiger partial charge on any atom is -0.308 e. The third kappa shape index (κ3) is 4.69. The van der Waals surface area contributed by atoms with Crippen LogP contribution in [0.2, 0.25) is 0 Å². The Morgan fingerprint density at radius 2 is 1.60 bits per heavy atom. The van der Waals surface area contributed by atoms with E-state index >= 15 is 0 Å². The zero-order valence-corrected chi connectivity index (χ0v) is 13.6. The second-order valence-electron chi connectivity index (χ2n) is 6.13. The molecule has 0 heterocycles. The zero-order chi connectivity index (χ0) is 14.6. The van der Waals surface area contributed by atoms with Gasteiger partial charge in [-0.05, 0) is 51.5 Å². The van der Waals surface area contributed by atoms with Crippen molar-refractivity contribution in [2.24, 2.45) is 0 Å². The predicted octanol–water partition coefficient (Wildman–Crippen LogP) is 5.03. The van der Waals surface area contributed by atoms with Crippen molar-refractivity contribution in [3.63, 3.8) is 0 Å². The van der Waals surface area contributed by atoms with Crippen LogP contribution in [0.15, 0.2) is 58.3 Å². The maximum absolute atomic E-state index is 3.56. The van der Waals surface area contributed by atoms with Crippen LogP contribution in [-0.4, -0.2) is 5.54 Å². The van der Waals surface area contributed by atoms with Gasteiger partial charge in [0.15, 0.2) is 0 Å². The Hall–Kier alpha value is -1.25. The molecule has 0 saturated heterocycles. The Kier molecular flexibility index (Phi) is 4.90. The largest absolute Gasteiger partial charge is 0.308 e. The second kappa shape index (κ2) is 6.47. The summed E-state index contributed by atoms with van der Waals surface area (Å²) in [5.74, 6) is 0. The molecule has 0 atom stereocenters. The molecule has 0 aliphatic rings. The SMILES string of the molecule is Cc1ccc(Sc2ccccc2CNC(C)(C)C)cc1. The van der Waals surface area contributed by atoms with Gasteiger partial charge in [-0.2, -0.15) is 0 Å². The summed E-state index contributed by atoms with van der Waals surface area (Å²) in [5, 5.41) is 3.56. The number of hydrogen-bond donors (Lipinski definition) is 1. The highest BCUT2D eigenvalue weighted by Crippen LogP contribution is 2.30. The number of rotatable bonds is 4. The molecule has 0 aromatic heterocycles. The Balaban J connectivity index is 2.13.